The number of piperazine rings is 1. The van der Waals surface area contributed by atoms with Crippen molar-refractivity contribution in [1.82, 2.24) is 14.9 Å². The number of nitrogens with zero attached hydrogens (tertiary/aromatic N) is 5. The molecule has 29 heavy (non-hydrogen) atoms. The summed E-state index contributed by atoms with van der Waals surface area (Å²) in [6, 6.07) is 9.54. The molecule has 152 valence electrons. The van der Waals surface area contributed by atoms with Crippen molar-refractivity contribution in [3.63, 3.8) is 0 Å². The molecule has 0 atom stereocenters. The second kappa shape index (κ2) is 9.27. The quantitative estimate of drug-likeness (QED) is 0.721. The maximum atomic E-state index is 12.5. The van der Waals surface area contributed by atoms with Gasteiger partial charge in [-0.05, 0) is 43.0 Å². The molecule has 0 unspecified atom stereocenters. The number of benzene rings is 1. The maximum absolute atomic E-state index is 12.5. The zero-order valence-corrected chi connectivity index (χ0v) is 17.3. The first kappa shape index (κ1) is 19.7. The summed E-state index contributed by atoms with van der Waals surface area (Å²) >= 11 is 5.90. The molecule has 2 fully saturated rings. The molecule has 1 aromatic carbocycles. The van der Waals surface area contributed by atoms with Crippen LogP contribution in [0.25, 0.3) is 6.08 Å². The molecule has 4 rings (SSSR count). The minimum Gasteiger partial charge on any atom is -0.356 e. The Bertz CT molecular complexity index is 856. The molecular weight excluding hydrogens is 386 g/mol. The highest BCUT2D eigenvalue weighted by atomic mass is 35.5. The highest BCUT2D eigenvalue weighted by molar-refractivity contribution is 6.30. The molecule has 6 nitrogen and oxygen atoms in total. The number of carbonyl (C=O) groups is 1. The number of halogens is 1. The third-order valence-electron chi connectivity index (χ3n) is 5.52. The van der Waals surface area contributed by atoms with Gasteiger partial charge in [0.2, 0.25) is 5.91 Å². The number of aromatic nitrogens is 2. The van der Waals surface area contributed by atoms with Crippen molar-refractivity contribution in [3.05, 3.63) is 53.3 Å². The van der Waals surface area contributed by atoms with E-state index in [1.807, 2.05) is 35.2 Å². The van der Waals surface area contributed by atoms with Crippen LogP contribution in [0.15, 0.2) is 42.7 Å². The molecule has 2 saturated heterocycles. The van der Waals surface area contributed by atoms with Crippen LogP contribution < -0.4 is 9.80 Å². The summed E-state index contributed by atoms with van der Waals surface area (Å²) in [6.07, 6.45) is 8.88. The number of carbonyl (C=O) groups excluding carboxylic acids is 1. The highest BCUT2D eigenvalue weighted by Gasteiger charge is 2.21. The molecule has 0 spiro atoms. The standard InChI is InChI=1S/C22H26ClN5O/c23-19-7-4-18(5-8-19)6-9-22(29)28-14-12-27(13-15-28)21-16-20(24-17-25-21)26-10-2-1-3-11-26/h4-9,16-17H,1-3,10-15H2/b9-6+. The molecule has 1 amide bonds. The van der Waals surface area contributed by atoms with Gasteiger partial charge >= 0.3 is 0 Å². The number of piperidine rings is 1. The maximum Gasteiger partial charge on any atom is 0.246 e. The monoisotopic (exact) mass is 411 g/mol. The Hall–Kier alpha value is -2.60. The summed E-state index contributed by atoms with van der Waals surface area (Å²) in [7, 11) is 0. The average Bonchev–Trinajstić information content (AvgIpc) is 2.79. The summed E-state index contributed by atoms with van der Waals surface area (Å²) in [5.41, 5.74) is 0.965. The van der Waals surface area contributed by atoms with Gasteiger partial charge in [0.25, 0.3) is 0 Å². The molecule has 1 aromatic heterocycles. The molecule has 0 aliphatic carbocycles. The summed E-state index contributed by atoms with van der Waals surface area (Å²) in [5, 5.41) is 0.692. The third kappa shape index (κ3) is 5.07. The van der Waals surface area contributed by atoms with Crippen LogP contribution in [0.4, 0.5) is 11.6 Å². The summed E-state index contributed by atoms with van der Waals surface area (Å²) in [4.78, 5) is 27.9. The normalized spacial score (nSPS) is 17.8. The summed E-state index contributed by atoms with van der Waals surface area (Å²) in [5.74, 6) is 2.00. The lowest BCUT2D eigenvalue weighted by Crippen LogP contribution is -2.48. The van der Waals surface area contributed by atoms with Gasteiger partial charge in [0.1, 0.15) is 18.0 Å². The predicted molar refractivity (Wildman–Crippen MR) is 117 cm³/mol. The van der Waals surface area contributed by atoms with E-state index in [2.05, 4.69) is 25.8 Å². The van der Waals surface area contributed by atoms with Gasteiger partial charge in [-0.15, -0.1) is 0 Å². The van der Waals surface area contributed by atoms with Crippen molar-refractivity contribution in [2.24, 2.45) is 0 Å². The molecule has 0 N–H and O–H groups in total. The predicted octanol–water partition coefficient (Wildman–Crippen LogP) is 3.48. The summed E-state index contributed by atoms with van der Waals surface area (Å²) < 4.78 is 0. The molecule has 0 bridgehead atoms. The molecule has 0 saturated carbocycles. The van der Waals surface area contributed by atoms with Crippen molar-refractivity contribution < 1.29 is 4.79 Å². The van der Waals surface area contributed by atoms with Crippen LogP contribution in [-0.2, 0) is 4.79 Å². The molecule has 0 radical (unpaired) electrons. The number of anilines is 2. The van der Waals surface area contributed by atoms with Crippen LogP contribution in [0, 0.1) is 0 Å². The van der Waals surface area contributed by atoms with Gasteiger partial charge in [-0.25, -0.2) is 9.97 Å². The number of rotatable bonds is 4. The lowest BCUT2D eigenvalue weighted by atomic mass is 10.1. The van der Waals surface area contributed by atoms with Crippen LogP contribution in [0.5, 0.6) is 0 Å². The van der Waals surface area contributed by atoms with E-state index in [4.69, 9.17) is 11.6 Å². The zero-order chi connectivity index (χ0) is 20.1. The van der Waals surface area contributed by atoms with Gasteiger partial charge in [0, 0.05) is 56.4 Å². The van der Waals surface area contributed by atoms with Gasteiger partial charge in [0.05, 0.1) is 0 Å². The smallest absolute Gasteiger partial charge is 0.246 e. The Labute approximate surface area is 176 Å². The fourth-order valence-corrected chi connectivity index (χ4v) is 3.93. The summed E-state index contributed by atoms with van der Waals surface area (Å²) in [6.45, 7) is 5.06. The van der Waals surface area contributed by atoms with E-state index in [-0.39, 0.29) is 5.91 Å². The van der Waals surface area contributed by atoms with Gasteiger partial charge in [0.15, 0.2) is 0 Å². The van der Waals surface area contributed by atoms with Crippen molar-refractivity contribution in [2.45, 2.75) is 19.3 Å². The first-order valence-electron chi connectivity index (χ1n) is 10.2. The van der Waals surface area contributed by atoms with Crippen LogP contribution in [0.3, 0.4) is 0 Å². The number of hydrogen-bond donors (Lipinski definition) is 0. The molecule has 2 aliphatic heterocycles. The van der Waals surface area contributed by atoms with Gasteiger partial charge < -0.3 is 14.7 Å². The fourth-order valence-electron chi connectivity index (χ4n) is 3.81. The second-order valence-electron chi connectivity index (χ2n) is 7.48. The fraction of sp³-hybridized carbons (Fsp3) is 0.409. The molecule has 2 aromatic rings. The van der Waals surface area contributed by atoms with Crippen LogP contribution in [0.1, 0.15) is 24.8 Å². The Morgan fingerprint density at radius 2 is 1.48 bits per heavy atom. The lowest BCUT2D eigenvalue weighted by Gasteiger charge is -2.35. The largest absolute Gasteiger partial charge is 0.356 e. The van der Waals surface area contributed by atoms with Crippen LogP contribution in [-0.4, -0.2) is 60.0 Å². The van der Waals surface area contributed by atoms with E-state index < -0.39 is 0 Å². The van der Waals surface area contributed by atoms with E-state index in [1.54, 1.807) is 12.4 Å². The molecule has 2 aliphatic rings. The Morgan fingerprint density at radius 3 is 2.14 bits per heavy atom. The van der Waals surface area contributed by atoms with E-state index in [1.165, 1.54) is 19.3 Å². The molecular formula is C22H26ClN5O. The van der Waals surface area contributed by atoms with E-state index in [9.17, 15) is 4.79 Å². The van der Waals surface area contributed by atoms with Gasteiger partial charge in [-0.3, -0.25) is 4.79 Å². The first-order chi connectivity index (χ1) is 14.2. The van der Waals surface area contributed by atoms with Crippen LogP contribution in [0.2, 0.25) is 5.02 Å². The van der Waals surface area contributed by atoms with Gasteiger partial charge in [-0.2, -0.15) is 0 Å². The topological polar surface area (TPSA) is 52.6 Å². The number of hydrogen-bond acceptors (Lipinski definition) is 5. The second-order valence-corrected chi connectivity index (χ2v) is 7.92. The van der Waals surface area contributed by atoms with E-state index >= 15 is 0 Å². The SMILES string of the molecule is O=C(/C=C/c1ccc(Cl)cc1)N1CCN(c2cc(N3CCCCC3)ncn2)CC1. The first-order valence-corrected chi connectivity index (χ1v) is 10.6. The van der Waals surface area contributed by atoms with E-state index in [0.29, 0.717) is 18.1 Å². The van der Waals surface area contributed by atoms with Crippen molar-refractivity contribution in [3.8, 4) is 0 Å². The average molecular weight is 412 g/mol. The molecule has 7 heteroatoms. The Balaban J connectivity index is 1.33. The van der Waals surface area contributed by atoms with E-state index in [0.717, 1.165) is 43.4 Å². The zero-order valence-electron chi connectivity index (χ0n) is 16.5. The minimum atomic E-state index is 0.0382. The Kier molecular flexibility index (Phi) is 6.30. The van der Waals surface area contributed by atoms with Gasteiger partial charge in [-0.1, -0.05) is 23.7 Å². The highest BCUT2D eigenvalue weighted by Crippen LogP contribution is 2.22. The Morgan fingerprint density at radius 1 is 0.862 bits per heavy atom. The minimum absolute atomic E-state index is 0.0382. The lowest BCUT2D eigenvalue weighted by molar-refractivity contribution is -0.126. The number of amides is 1. The molecule has 3 heterocycles. The third-order valence-corrected chi connectivity index (χ3v) is 5.77. The van der Waals surface area contributed by atoms with Crippen molar-refractivity contribution in [1.29, 1.82) is 0 Å². The van der Waals surface area contributed by atoms with Crippen LogP contribution >= 0.6 is 11.6 Å². The van der Waals surface area contributed by atoms with Crippen molar-refractivity contribution >= 4 is 35.2 Å². The van der Waals surface area contributed by atoms with Crippen molar-refractivity contribution in [2.75, 3.05) is 49.1 Å².